The Morgan fingerprint density at radius 1 is 1.25 bits per heavy atom. The molecule has 1 aromatic carbocycles. The van der Waals surface area contributed by atoms with Gasteiger partial charge in [0, 0.05) is 12.1 Å². The number of rotatable bonds is 2. The monoisotopic (exact) mass is 275 g/mol. The largest absolute Gasteiger partial charge is 0.491 e. The summed E-state index contributed by atoms with van der Waals surface area (Å²) in [5, 5.41) is 9.37. The molecule has 1 saturated carbocycles. The fraction of sp³-hybridized carbons (Fsp3) is 0.467. The first-order chi connectivity index (χ1) is 9.63. The molecule has 5 nitrogen and oxygen atoms in total. The van der Waals surface area contributed by atoms with Crippen molar-refractivity contribution in [2.75, 3.05) is 13.2 Å². The fourth-order valence-electron chi connectivity index (χ4n) is 2.85. The molecule has 0 aromatic heterocycles. The van der Waals surface area contributed by atoms with Crippen LogP contribution in [0.4, 0.5) is 0 Å². The van der Waals surface area contributed by atoms with Crippen LogP contribution >= 0.6 is 0 Å². The fourth-order valence-corrected chi connectivity index (χ4v) is 2.85. The number of carboxylic acid groups (broad SMARTS) is 1. The molecule has 1 fully saturated rings. The summed E-state index contributed by atoms with van der Waals surface area (Å²) in [4.78, 5) is 25.7. The zero-order valence-corrected chi connectivity index (χ0v) is 11.2. The lowest BCUT2D eigenvalue weighted by molar-refractivity contribution is -0.167. The molecule has 1 aromatic rings. The van der Waals surface area contributed by atoms with Gasteiger partial charge in [0.2, 0.25) is 5.91 Å². The summed E-state index contributed by atoms with van der Waals surface area (Å²) < 4.78 is 5.61. The van der Waals surface area contributed by atoms with Crippen LogP contribution in [0.5, 0.6) is 5.75 Å². The highest BCUT2D eigenvalue weighted by atomic mass is 16.5. The Morgan fingerprint density at radius 2 is 2.00 bits per heavy atom. The molecule has 1 heterocycles. The number of hydrogen-bond donors (Lipinski definition) is 1. The highest BCUT2D eigenvalue weighted by Crippen LogP contribution is 2.43. The van der Waals surface area contributed by atoms with Crippen molar-refractivity contribution in [2.45, 2.75) is 25.8 Å². The number of carbonyl (C=O) groups is 2. The summed E-state index contributed by atoms with van der Waals surface area (Å²) in [6.45, 7) is 1.25. The van der Waals surface area contributed by atoms with E-state index >= 15 is 0 Å². The standard InChI is InChI=1S/C15H17NO4/c17-13(15(14(18)19)6-3-7-15)16-8-9-20-12-5-2-1-4-11(12)10-16/h1-2,4-5H,3,6-10H2,(H,18,19). The van der Waals surface area contributed by atoms with Gasteiger partial charge in [-0.2, -0.15) is 0 Å². The molecule has 0 spiro atoms. The maximum atomic E-state index is 12.6. The highest BCUT2D eigenvalue weighted by molar-refractivity contribution is 6.02. The number of para-hydroxylation sites is 1. The third kappa shape index (κ3) is 1.94. The summed E-state index contributed by atoms with van der Waals surface area (Å²) in [6, 6.07) is 7.57. The number of carboxylic acids is 1. The molecule has 0 saturated heterocycles. The zero-order valence-electron chi connectivity index (χ0n) is 11.2. The minimum Gasteiger partial charge on any atom is -0.491 e. The van der Waals surface area contributed by atoms with Gasteiger partial charge in [-0.05, 0) is 18.9 Å². The van der Waals surface area contributed by atoms with E-state index in [2.05, 4.69) is 0 Å². The predicted molar refractivity (Wildman–Crippen MR) is 71.3 cm³/mol. The van der Waals surface area contributed by atoms with Crippen LogP contribution in [-0.4, -0.2) is 35.0 Å². The van der Waals surface area contributed by atoms with Crippen LogP contribution in [0, 0.1) is 5.41 Å². The lowest BCUT2D eigenvalue weighted by Crippen LogP contribution is -2.52. The van der Waals surface area contributed by atoms with Gasteiger partial charge < -0.3 is 14.7 Å². The van der Waals surface area contributed by atoms with E-state index in [9.17, 15) is 14.7 Å². The lowest BCUT2D eigenvalue weighted by Gasteiger charge is -2.39. The second-order valence-electron chi connectivity index (χ2n) is 5.42. The normalized spacial score (nSPS) is 20.1. The van der Waals surface area contributed by atoms with E-state index < -0.39 is 11.4 Å². The molecule has 3 rings (SSSR count). The van der Waals surface area contributed by atoms with E-state index in [4.69, 9.17) is 4.74 Å². The highest BCUT2D eigenvalue weighted by Gasteiger charge is 2.53. The van der Waals surface area contributed by atoms with Gasteiger partial charge in [-0.25, -0.2) is 0 Å². The second-order valence-corrected chi connectivity index (χ2v) is 5.42. The number of amides is 1. The van der Waals surface area contributed by atoms with Crippen molar-refractivity contribution in [3.05, 3.63) is 29.8 Å². The number of nitrogens with zero attached hydrogens (tertiary/aromatic N) is 1. The van der Waals surface area contributed by atoms with E-state index in [0.717, 1.165) is 17.7 Å². The van der Waals surface area contributed by atoms with Gasteiger partial charge in [0.05, 0.1) is 6.54 Å². The molecule has 1 amide bonds. The van der Waals surface area contributed by atoms with Crippen molar-refractivity contribution in [1.29, 1.82) is 0 Å². The smallest absolute Gasteiger partial charge is 0.319 e. The van der Waals surface area contributed by atoms with Crippen LogP contribution in [0.25, 0.3) is 0 Å². The van der Waals surface area contributed by atoms with Crippen molar-refractivity contribution < 1.29 is 19.4 Å². The van der Waals surface area contributed by atoms with Crippen molar-refractivity contribution in [3.63, 3.8) is 0 Å². The first-order valence-corrected chi connectivity index (χ1v) is 6.87. The predicted octanol–water partition coefficient (Wildman–Crippen LogP) is 1.66. The molecule has 1 aliphatic carbocycles. The van der Waals surface area contributed by atoms with Crippen molar-refractivity contribution in [2.24, 2.45) is 5.41 Å². The van der Waals surface area contributed by atoms with Gasteiger partial charge in [0.25, 0.3) is 0 Å². The van der Waals surface area contributed by atoms with Gasteiger partial charge in [0.15, 0.2) is 0 Å². The van der Waals surface area contributed by atoms with Crippen molar-refractivity contribution >= 4 is 11.9 Å². The molecule has 2 aliphatic rings. The van der Waals surface area contributed by atoms with Crippen LogP contribution in [0.2, 0.25) is 0 Å². The lowest BCUT2D eigenvalue weighted by atomic mass is 9.67. The Hall–Kier alpha value is -2.04. The maximum Gasteiger partial charge on any atom is 0.319 e. The van der Waals surface area contributed by atoms with E-state index in [0.29, 0.717) is 32.5 Å². The van der Waals surface area contributed by atoms with E-state index in [1.165, 1.54) is 0 Å². The zero-order chi connectivity index (χ0) is 14.2. The average Bonchev–Trinajstić information content (AvgIpc) is 2.58. The van der Waals surface area contributed by atoms with Gasteiger partial charge in [-0.3, -0.25) is 9.59 Å². The molecule has 0 atom stereocenters. The molecule has 20 heavy (non-hydrogen) atoms. The van der Waals surface area contributed by atoms with Crippen LogP contribution in [-0.2, 0) is 16.1 Å². The molecule has 106 valence electrons. The second kappa shape index (κ2) is 4.81. The number of fused-ring (bicyclic) bond motifs is 1. The number of carbonyl (C=O) groups excluding carboxylic acids is 1. The number of ether oxygens (including phenoxy) is 1. The van der Waals surface area contributed by atoms with E-state index in [-0.39, 0.29) is 5.91 Å². The van der Waals surface area contributed by atoms with Crippen LogP contribution in [0.1, 0.15) is 24.8 Å². The number of hydrogen-bond acceptors (Lipinski definition) is 3. The summed E-state index contributed by atoms with van der Waals surface area (Å²) in [5.74, 6) is -0.482. The minimum absolute atomic E-state index is 0.267. The number of benzene rings is 1. The maximum absolute atomic E-state index is 12.6. The third-order valence-corrected chi connectivity index (χ3v) is 4.27. The quantitative estimate of drug-likeness (QED) is 0.834. The molecule has 1 N–H and O–H groups in total. The van der Waals surface area contributed by atoms with Gasteiger partial charge in [0.1, 0.15) is 17.8 Å². The Morgan fingerprint density at radius 3 is 2.65 bits per heavy atom. The summed E-state index contributed by atoms with van der Waals surface area (Å²) in [6.07, 6.45) is 1.69. The molecule has 0 bridgehead atoms. The van der Waals surface area contributed by atoms with Crippen LogP contribution in [0.15, 0.2) is 24.3 Å². The first-order valence-electron chi connectivity index (χ1n) is 6.87. The first kappa shape index (κ1) is 13.0. The van der Waals surface area contributed by atoms with Crippen molar-refractivity contribution in [3.8, 4) is 5.75 Å². The van der Waals surface area contributed by atoms with Crippen LogP contribution in [0.3, 0.4) is 0 Å². The summed E-state index contributed by atoms with van der Waals surface area (Å²) in [7, 11) is 0. The number of aliphatic carboxylic acids is 1. The molecule has 5 heteroatoms. The van der Waals surface area contributed by atoms with Gasteiger partial charge in [-0.1, -0.05) is 24.6 Å². The van der Waals surface area contributed by atoms with Crippen molar-refractivity contribution in [1.82, 2.24) is 4.90 Å². The Labute approximate surface area is 117 Å². The molecular formula is C15H17NO4. The van der Waals surface area contributed by atoms with Gasteiger partial charge in [-0.15, -0.1) is 0 Å². The van der Waals surface area contributed by atoms with E-state index in [1.807, 2.05) is 24.3 Å². The third-order valence-electron chi connectivity index (χ3n) is 4.27. The summed E-state index contributed by atoms with van der Waals surface area (Å²) in [5.41, 5.74) is -0.266. The SMILES string of the molecule is O=C(O)C1(C(=O)N2CCOc3ccccc3C2)CCC1. The van der Waals surface area contributed by atoms with E-state index in [1.54, 1.807) is 4.90 Å². The average molecular weight is 275 g/mol. The molecule has 0 radical (unpaired) electrons. The Kier molecular flexibility index (Phi) is 3.12. The van der Waals surface area contributed by atoms with Gasteiger partial charge >= 0.3 is 5.97 Å². The molecule has 1 aliphatic heterocycles. The Balaban J connectivity index is 1.84. The van der Waals surface area contributed by atoms with Crippen LogP contribution < -0.4 is 4.74 Å². The minimum atomic E-state index is -1.20. The summed E-state index contributed by atoms with van der Waals surface area (Å²) >= 11 is 0. The molecule has 0 unspecified atom stereocenters. The topological polar surface area (TPSA) is 66.8 Å². The molecular weight excluding hydrogens is 258 g/mol. The Bertz CT molecular complexity index is 551.